The van der Waals surface area contributed by atoms with Gasteiger partial charge >= 0.3 is 0 Å². The first-order chi connectivity index (χ1) is 8.01. The van der Waals surface area contributed by atoms with Crippen molar-refractivity contribution < 1.29 is 4.74 Å². The Morgan fingerprint density at radius 1 is 1.47 bits per heavy atom. The van der Waals surface area contributed by atoms with Gasteiger partial charge in [-0.15, -0.1) is 0 Å². The van der Waals surface area contributed by atoms with Crippen LogP contribution in [0.15, 0.2) is 18.2 Å². The van der Waals surface area contributed by atoms with Gasteiger partial charge in [0.2, 0.25) is 0 Å². The van der Waals surface area contributed by atoms with E-state index in [1.807, 2.05) is 25.1 Å². The van der Waals surface area contributed by atoms with Crippen LogP contribution >= 0.6 is 23.8 Å². The van der Waals surface area contributed by atoms with Crippen LogP contribution in [0.2, 0.25) is 5.02 Å². The van der Waals surface area contributed by atoms with E-state index in [2.05, 4.69) is 17.6 Å². The lowest BCUT2D eigenvalue weighted by Crippen LogP contribution is -2.67. The van der Waals surface area contributed by atoms with Crippen LogP contribution in [0.5, 0.6) is 5.75 Å². The minimum atomic E-state index is -0.495. The van der Waals surface area contributed by atoms with Crippen LogP contribution in [-0.4, -0.2) is 10.8 Å². The molecule has 0 saturated carbocycles. The van der Waals surface area contributed by atoms with E-state index in [1.54, 1.807) is 0 Å². The Morgan fingerprint density at radius 3 is 3.00 bits per heavy atom. The highest BCUT2D eigenvalue weighted by Crippen LogP contribution is 2.47. The van der Waals surface area contributed by atoms with Gasteiger partial charge in [-0.2, -0.15) is 0 Å². The van der Waals surface area contributed by atoms with Crippen LogP contribution in [0, 0.1) is 5.92 Å². The van der Waals surface area contributed by atoms with Gasteiger partial charge in [0.25, 0.3) is 0 Å². The maximum atomic E-state index is 6.19. The van der Waals surface area contributed by atoms with Crippen molar-refractivity contribution in [1.82, 2.24) is 10.6 Å². The van der Waals surface area contributed by atoms with E-state index in [-0.39, 0.29) is 12.0 Å². The highest BCUT2D eigenvalue weighted by molar-refractivity contribution is 7.80. The second-order valence-electron chi connectivity index (χ2n) is 4.73. The van der Waals surface area contributed by atoms with Crippen molar-refractivity contribution in [3.05, 3.63) is 28.8 Å². The quantitative estimate of drug-likeness (QED) is 0.709. The van der Waals surface area contributed by atoms with Gasteiger partial charge < -0.3 is 15.4 Å². The fourth-order valence-electron chi connectivity index (χ4n) is 2.52. The highest BCUT2D eigenvalue weighted by Gasteiger charge is 2.48. The van der Waals surface area contributed by atoms with Gasteiger partial charge in [0, 0.05) is 11.5 Å². The Hall–Kier alpha value is -1.00. The summed E-state index contributed by atoms with van der Waals surface area (Å²) in [6, 6.07) is 5.96. The first-order valence-corrected chi connectivity index (χ1v) is 6.36. The molecule has 0 amide bonds. The van der Waals surface area contributed by atoms with E-state index in [0.29, 0.717) is 10.1 Å². The SMILES string of the molecule is CC1C2NC(=S)NC1(C)Oc1c(Cl)cccc12. The molecule has 2 N–H and O–H groups in total. The van der Waals surface area contributed by atoms with Gasteiger partial charge in [0.05, 0.1) is 11.1 Å². The monoisotopic (exact) mass is 268 g/mol. The number of halogens is 1. The summed E-state index contributed by atoms with van der Waals surface area (Å²) in [5, 5.41) is 7.74. The maximum Gasteiger partial charge on any atom is 0.184 e. The molecule has 1 saturated heterocycles. The molecule has 1 aromatic carbocycles. The zero-order valence-corrected chi connectivity index (χ0v) is 11.2. The molecule has 3 atom stereocenters. The highest BCUT2D eigenvalue weighted by atomic mass is 35.5. The van der Waals surface area contributed by atoms with Crippen molar-refractivity contribution in [3.8, 4) is 5.75 Å². The average molecular weight is 269 g/mol. The van der Waals surface area contributed by atoms with Gasteiger partial charge in [0.1, 0.15) is 5.75 Å². The molecule has 90 valence electrons. The molecule has 1 aromatic rings. The standard InChI is InChI=1S/C12H13ClN2OS/c1-6-9-7-4-3-5-8(13)10(7)16-12(6,2)15-11(17)14-9/h3-6,9H,1-2H3,(H2,14,15,17). The topological polar surface area (TPSA) is 33.3 Å². The van der Waals surface area contributed by atoms with Crippen molar-refractivity contribution in [2.45, 2.75) is 25.6 Å². The maximum absolute atomic E-state index is 6.19. The third-order valence-electron chi connectivity index (χ3n) is 3.66. The Bertz CT molecular complexity index is 507. The second-order valence-corrected chi connectivity index (χ2v) is 5.55. The largest absolute Gasteiger partial charge is 0.466 e. The Balaban J connectivity index is 2.18. The van der Waals surface area contributed by atoms with E-state index in [4.69, 9.17) is 28.6 Å². The summed E-state index contributed by atoms with van der Waals surface area (Å²) < 4.78 is 6.03. The fourth-order valence-corrected chi connectivity index (χ4v) is 3.07. The summed E-state index contributed by atoms with van der Waals surface area (Å²) in [7, 11) is 0. The summed E-state index contributed by atoms with van der Waals surface area (Å²) in [4.78, 5) is 0. The number of thiocarbonyl (C=S) groups is 1. The minimum Gasteiger partial charge on any atom is -0.466 e. The smallest absolute Gasteiger partial charge is 0.184 e. The van der Waals surface area contributed by atoms with E-state index in [0.717, 1.165) is 11.3 Å². The number of hydrogen-bond donors (Lipinski definition) is 2. The lowest BCUT2D eigenvalue weighted by atomic mass is 9.82. The molecule has 3 nitrogen and oxygen atoms in total. The molecule has 1 fully saturated rings. The average Bonchev–Trinajstić information content (AvgIpc) is 2.24. The summed E-state index contributed by atoms with van der Waals surface area (Å²) >= 11 is 11.4. The van der Waals surface area contributed by atoms with Gasteiger partial charge in [-0.25, -0.2) is 0 Å². The number of rotatable bonds is 0. The molecule has 2 heterocycles. The summed E-state index contributed by atoms with van der Waals surface area (Å²) in [6.45, 7) is 4.14. The van der Waals surface area contributed by atoms with E-state index in [9.17, 15) is 0 Å². The van der Waals surface area contributed by atoms with Gasteiger partial charge in [-0.1, -0.05) is 30.7 Å². The molecule has 2 bridgehead atoms. The summed E-state index contributed by atoms with van der Waals surface area (Å²) in [5.74, 6) is 1.02. The number of benzene rings is 1. The van der Waals surface area contributed by atoms with Crippen LogP contribution in [-0.2, 0) is 0 Å². The van der Waals surface area contributed by atoms with Crippen LogP contribution in [0.1, 0.15) is 25.5 Å². The van der Waals surface area contributed by atoms with Crippen LogP contribution in [0.3, 0.4) is 0 Å². The van der Waals surface area contributed by atoms with Gasteiger partial charge in [-0.3, -0.25) is 0 Å². The van der Waals surface area contributed by atoms with Crippen molar-refractivity contribution in [1.29, 1.82) is 0 Å². The molecule has 2 aliphatic heterocycles. The zero-order valence-electron chi connectivity index (χ0n) is 9.58. The normalized spacial score (nSPS) is 34.2. The number of para-hydroxylation sites is 1. The van der Waals surface area contributed by atoms with E-state index >= 15 is 0 Å². The molecule has 0 aromatic heterocycles. The fraction of sp³-hybridized carbons (Fsp3) is 0.417. The van der Waals surface area contributed by atoms with Crippen molar-refractivity contribution >= 4 is 28.9 Å². The third-order valence-corrected chi connectivity index (χ3v) is 4.18. The molecular formula is C12H13ClN2OS. The second kappa shape index (κ2) is 3.50. The first-order valence-electron chi connectivity index (χ1n) is 5.57. The molecule has 2 aliphatic rings. The lowest BCUT2D eigenvalue weighted by molar-refractivity contribution is -0.0262. The van der Waals surface area contributed by atoms with Gasteiger partial charge in [-0.05, 0) is 25.2 Å². The van der Waals surface area contributed by atoms with Crippen molar-refractivity contribution in [2.75, 3.05) is 0 Å². The first kappa shape index (κ1) is 11.1. The molecule has 5 heteroatoms. The summed E-state index contributed by atoms with van der Waals surface area (Å²) in [5.41, 5.74) is 0.580. The Morgan fingerprint density at radius 2 is 2.24 bits per heavy atom. The third kappa shape index (κ3) is 1.51. The number of fused-ring (bicyclic) bond motifs is 4. The van der Waals surface area contributed by atoms with Crippen LogP contribution in [0.25, 0.3) is 0 Å². The van der Waals surface area contributed by atoms with Gasteiger partial charge in [0.15, 0.2) is 10.8 Å². The molecule has 3 unspecified atom stereocenters. The zero-order chi connectivity index (χ0) is 12.2. The number of ether oxygens (including phenoxy) is 1. The number of hydrogen-bond acceptors (Lipinski definition) is 2. The predicted molar refractivity (Wildman–Crippen MR) is 71.3 cm³/mol. The Kier molecular flexibility index (Phi) is 2.28. The minimum absolute atomic E-state index is 0.149. The van der Waals surface area contributed by atoms with Crippen molar-refractivity contribution in [3.63, 3.8) is 0 Å². The Labute approximate surface area is 110 Å². The van der Waals surface area contributed by atoms with Crippen molar-refractivity contribution in [2.24, 2.45) is 5.92 Å². The molecule has 0 aliphatic carbocycles. The molecule has 0 radical (unpaired) electrons. The van der Waals surface area contributed by atoms with E-state index in [1.165, 1.54) is 0 Å². The molecule has 17 heavy (non-hydrogen) atoms. The molecular weight excluding hydrogens is 256 g/mol. The van der Waals surface area contributed by atoms with Crippen LogP contribution < -0.4 is 15.4 Å². The summed E-state index contributed by atoms with van der Waals surface area (Å²) in [6.07, 6.45) is 0. The van der Waals surface area contributed by atoms with Crippen LogP contribution in [0.4, 0.5) is 0 Å². The molecule has 3 rings (SSSR count). The lowest BCUT2D eigenvalue weighted by Gasteiger charge is -2.50. The number of nitrogens with one attached hydrogen (secondary N) is 2. The van der Waals surface area contributed by atoms with E-state index < -0.39 is 5.72 Å². The predicted octanol–water partition coefficient (Wildman–Crippen LogP) is 2.60. The molecule has 0 spiro atoms.